The fourth-order valence-corrected chi connectivity index (χ4v) is 5.02. The Balaban J connectivity index is 1.65. The number of nitrogens with one attached hydrogen (secondary N) is 1. The maximum absolute atomic E-state index is 13.3. The molecule has 33 heavy (non-hydrogen) atoms. The van der Waals surface area contributed by atoms with E-state index in [9.17, 15) is 4.79 Å². The molecule has 0 unspecified atom stereocenters. The molecule has 168 valence electrons. The van der Waals surface area contributed by atoms with Gasteiger partial charge in [-0.3, -0.25) is 4.79 Å². The van der Waals surface area contributed by atoms with Gasteiger partial charge in [0, 0.05) is 38.5 Å². The molecule has 1 N–H and O–H groups in total. The first-order valence-corrected chi connectivity index (χ1v) is 11.9. The highest BCUT2D eigenvalue weighted by Crippen LogP contribution is 2.36. The first-order valence-electron chi connectivity index (χ1n) is 11.2. The molecular formula is C26H24Cl2N4O. The van der Waals surface area contributed by atoms with Crippen LogP contribution in [0.15, 0.2) is 60.9 Å². The summed E-state index contributed by atoms with van der Waals surface area (Å²) in [7, 11) is 0. The quantitative estimate of drug-likeness (QED) is 0.349. The van der Waals surface area contributed by atoms with Gasteiger partial charge in [-0.05, 0) is 38.0 Å². The van der Waals surface area contributed by atoms with E-state index in [-0.39, 0.29) is 11.4 Å². The van der Waals surface area contributed by atoms with Crippen LogP contribution in [0.4, 0.5) is 0 Å². The Bertz CT molecular complexity index is 1320. The predicted octanol–water partition coefficient (Wildman–Crippen LogP) is 6.82. The van der Waals surface area contributed by atoms with Crippen molar-refractivity contribution in [2.24, 2.45) is 0 Å². The Morgan fingerprint density at radius 1 is 0.970 bits per heavy atom. The highest BCUT2D eigenvalue weighted by Gasteiger charge is 2.30. The Kier molecular flexibility index (Phi) is 5.85. The number of carbonyl (C=O) groups is 1. The standard InChI is InChI=1S/C26H24Cl2N4O/c1-26(13-5-2-6-14-26)31-25(33)21-16-30-32-23(17-9-11-18(27)12-10-17)20(15-29-24(21)32)19-7-3-4-8-22(19)28/h3-4,7-12,15-16H,2,5-6,13-14H2,1H3,(H,31,33). The van der Waals surface area contributed by atoms with Crippen LogP contribution in [0.2, 0.25) is 10.0 Å². The molecule has 2 aromatic carbocycles. The maximum atomic E-state index is 13.3. The van der Waals surface area contributed by atoms with E-state index < -0.39 is 0 Å². The summed E-state index contributed by atoms with van der Waals surface area (Å²) in [6.45, 7) is 2.12. The average molecular weight is 479 g/mol. The zero-order valence-corrected chi connectivity index (χ0v) is 19.8. The fraction of sp³-hybridized carbons (Fsp3) is 0.269. The Hall–Kier alpha value is -2.89. The lowest BCUT2D eigenvalue weighted by Crippen LogP contribution is -2.47. The minimum atomic E-state index is -0.194. The van der Waals surface area contributed by atoms with Gasteiger partial charge < -0.3 is 5.32 Å². The van der Waals surface area contributed by atoms with E-state index in [1.165, 1.54) is 6.42 Å². The molecule has 0 saturated heterocycles. The van der Waals surface area contributed by atoms with Gasteiger partial charge in [-0.25, -0.2) is 9.50 Å². The summed E-state index contributed by atoms with van der Waals surface area (Å²) >= 11 is 12.7. The number of fused-ring (bicyclic) bond motifs is 1. The van der Waals surface area contributed by atoms with Gasteiger partial charge in [-0.1, -0.05) is 72.8 Å². The molecule has 5 nitrogen and oxygen atoms in total. The van der Waals surface area contributed by atoms with Crippen molar-refractivity contribution >= 4 is 34.8 Å². The molecule has 7 heteroatoms. The van der Waals surface area contributed by atoms with E-state index in [2.05, 4.69) is 22.3 Å². The van der Waals surface area contributed by atoms with E-state index in [0.717, 1.165) is 48.1 Å². The second-order valence-electron chi connectivity index (χ2n) is 8.88. The first-order chi connectivity index (χ1) is 16.0. The van der Waals surface area contributed by atoms with Gasteiger partial charge in [0.2, 0.25) is 0 Å². The topological polar surface area (TPSA) is 59.3 Å². The maximum Gasteiger partial charge on any atom is 0.257 e. The highest BCUT2D eigenvalue weighted by atomic mass is 35.5. The highest BCUT2D eigenvalue weighted by molar-refractivity contribution is 6.33. The van der Waals surface area contributed by atoms with Crippen LogP contribution in [0.5, 0.6) is 0 Å². The van der Waals surface area contributed by atoms with Crippen molar-refractivity contribution in [2.45, 2.75) is 44.6 Å². The minimum absolute atomic E-state index is 0.144. The molecule has 0 aliphatic heterocycles. The Labute approximate surface area is 202 Å². The lowest BCUT2D eigenvalue weighted by molar-refractivity contribution is 0.0884. The van der Waals surface area contributed by atoms with Crippen LogP contribution >= 0.6 is 23.2 Å². The molecule has 2 heterocycles. The summed E-state index contributed by atoms with van der Waals surface area (Å²) in [5.41, 5.74) is 4.14. The van der Waals surface area contributed by atoms with E-state index in [1.807, 2.05) is 48.5 Å². The average Bonchev–Trinajstić information content (AvgIpc) is 3.24. The molecule has 0 atom stereocenters. The second kappa shape index (κ2) is 8.81. The molecule has 1 aliphatic rings. The molecular weight excluding hydrogens is 455 g/mol. The van der Waals surface area contributed by atoms with Crippen LogP contribution in [-0.4, -0.2) is 26.0 Å². The van der Waals surface area contributed by atoms with E-state index in [0.29, 0.717) is 21.3 Å². The number of nitrogens with zero attached hydrogens (tertiary/aromatic N) is 3. The summed E-state index contributed by atoms with van der Waals surface area (Å²) in [6.07, 6.45) is 8.81. The Morgan fingerprint density at radius 3 is 2.42 bits per heavy atom. The van der Waals surface area contributed by atoms with Crippen molar-refractivity contribution in [3.05, 3.63) is 76.5 Å². The van der Waals surface area contributed by atoms with Crippen LogP contribution in [0, 0.1) is 0 Å². The van der Waals surface area contributed by atoms with Crippen LogP contribution in [0.25, 0.3) is 28.0 Å². The molecule has 5 rings (SSSR count). The zero-order chi connectivity index (χ0) is 23.0. The minimum Gasteiger partial charge on any atom is -0.347 e. The normalized spacial score (nSPS) is 15.5. The number of benzene rings is 2. The van der Waals surface area contributed by atoms with Gasteiger partial charge in [0.1, 0.15) is 5.56 Å². The summed E-state index contributed by atoms with van der Waals surface area (Å²) < 4.78 is 1.72. The molecule has 1 saturated carbocycles. The molecule has 0 bridgehead atoms. The van der Waals surface area contributed by atoms with Gasteiger partial charge in [-0.2, -0.15) is 5.10 Å². The monoisotopic (exact) mass is 478 g/mol. The van der Waals surface area contributed by atoms with E-state index in [4.69, 9.17) is 23.2 Å². The third-order valence-corrected chi connectivity index (χ3v) is 7.01. The smallest absolute Gasteiger partial charge is 0.257 e. The van der Waals surface area contributed by atoms with Crippen molar-refractivity contribution < 1.29 is 4.79 Å². The SMILES string of the molecule is CC1(NC(=O)c2cnn3c(-c4ccc(Cl)cc4)c(-c4ccccc4Cl)cnc23)CCCCC1. The van der Waals surface area contributed by atoms with Gasteiger partial charge in [0.05, 0.1) is 11.9 Å². The number of halogens is 2. The molecule has 2 aromatic heterocycles. The zero-order valence-electron chi connectivity index (χ0n) is 18.3. The lowest BCUT2D eigenvalue weighted by atomic mass is 9.83. The number of aromatic nitrogens is 3. The molecule has 1 aliphatic carbocycles. The van der Waals surface area contributed by atoms with Gasteiger partial charge in [-0.15, -0.1) is 0 Å². The third kappa shape index (κ3) is 4.23. The van der Waals surface area contributed by atoms with Crippen LogP contribution in [0.3, 0.4) is 0 Å². The summed E-state index contributed by atoms with van der Waals surface area (Å²) in [6, 6.07) is 15.2. The van der Waals surface area contributed by atoms with Crippen LogP contribution in [-0.2, 0) is 0 Å². The first kappa shape index (κ1) is 21.9. The number of hydrogen-bond acceptors (Lipinski definition) is 3. The van der Waals surface area contributed by atoms with Gasteiger partial charge >= 0.3 is 0 Å². The van der Waals surface area contributed by atoms with E-state index >= 15 is 0 Å². The van der Waals surface area contributed by atoms with Crippen LogP contribution < -0.4 is 5.32 Å². The molecule has 1 fully saturated rings. The lowest BCUT2D eigenvalue weighted by Gasteiger charge is -2.34. The van der Waals surface area contributed by atoms with Crippen LogP contribution in [0.1, 0.15) is 49.4 Å². The third-order valence-electron chi connectivity index (χ3n) is 6.43. The predicted molar refractivity (Wildman–Crippen MR) is 133 cm³/mol. The largest absolute Gasteiger partial charge is 0.347 e. The van der Waals surface area contributed by atoms with Crippen molar-refractivity contribution in [1.29, 1.82) is 0 Å². The van der Waals surface area contributed by atoms with Crippen molar-refractivity contribution in [3.8, 4) is 22.4 Å². The summed E-state index contributed by atoms with van der Waals surface area (Å²) in [5.74, 6) is -0.144. The van der Waals surface area contributed by atoms with Gasteiger partial charge in [0.15, 0.2) is 5.65 Å². The number of hydrogen-bond donors (Lipinski definition) is 1. The van der Waals surface area contributed by atoms with Gasteiger partial charge in [0.25, 0.3) is 5.91 Å². The second-order valence-corrected chi connectivity index (χ2v) is 9.72. The molecule has 0 radical (unpaired) electrons. The van der Waals surface area contributed by atoms with Crippen molar-refractivity contribution in [1.82, 2.24) is 19.9 Å². The molecule has 0 spiro atoms. The fourth-order valence-electron chi connectivity index (χ4n) is 4.65. The van der Waals surface area contributed by atoms with Crippen molar-refractivity contribution in [3.63, 3.8) is 0 Å². The number of rotatable bonds is 4. The molecule has 1 amide bonds. The number of carbonyl (C=O) groups excluding carboxylic acids is 1. The van der Waals surface area contributed by atoms with Crippen molar-refractivity contribution in [2.75, 3.05) is 0 Å². The summed E-state index contributed by atoms with van der Waals surface area (Å²) in [5, 5.41) is 9.09. The Morgan fingerprint density at radius 2 is 1.70 bits per heavy atom. The summed E-state index contributed by atoms with van der Waals surface area (Å²) in [4.78, 5) is 17.9. The number of amides is 1. The van der Waals surface area contributed by atoms with E-state index in [1.54, 1.807) is 16.9 Å². The molecule has 4 aromatic rings.